The minimum atomic E-state index is -2.33. The van der Waals surface area contributed by atoms with Gasteiger partial charge in [-0.15, -0.1) is 0 Å². The van der Waals surface area contributed by atoms with E-state index in [1.54, 1.807) is 13.0 Å². The largest absolute Gasteiger partial charge is 0.475 e. The number of halogens is 5. The fourth-order valence-electron chi connectivity index (χ4n) is 3.16. The maximum absolute atomic E-state index is 13.8. The summed E-state index contributed by atoms with van der Waals surface area (Å²) in [5.74, 6) is -13.5. The highest BCUT2D eigenvalue weighted by Gasteiger charge is 2.29. The second kappa shape index (κ2) is 8.37. The van der Waals surface area contributed by atoms with Gasteiger partial charge in [-0.05, 0) is 43.5 Å². The molecule has 3 rings (SSSR count). The van der Waals surface area contributed by atoms with Crippen LogP contribution >= 0.6 is 0 Å². The van der Waals surface area contributed by atoms with Crippen molar-refractivity contribution >= 4 is 16.9 Å². The van der Waals surface area contributed by atoms with Crippen molar-refractivity contribution in [3.8, 4) is 5.75 Å². The molecular weight excluding hydrogens is 425 g/mol. The maximum Gasteiger partial charge on any atom is 0.336 e. The summed E-state index contributed by atoms with van der Waals surface area (Å²) in [6.45, 7) is 4.50. The Morgan fingerprint density at radius 1 is 1.00 bits per heavy atom. The summed E-state index contributed by atoms with van der Waals surface area (Å²) in [6.07, 6.45) is -1.61. The van der Waals surface area contributed by atoms with E-state index in [1.165, 1.54) is 6.07 Å². The van der Waals surface area contributed by atoms with Gasteiger partial charge in [0.05, 0.1) is 0 Å². The summed E-state index contributed by atoms with van der Waals surface area (Å²) in [5.41, 5.74) is 1.74. The highest BCUT2D eigenvalue weighted by atomic mass is 19.2. The minimum absolute atomic E-state index is 0.171. The Balaban J connectivity index is 1.82. The molecule has 1 heterocycles. The molecule has 0 spiro atoms. The summed E-state index contributed by atoms with van der Waals surface area (Å²) >= 11 is 0. The molecule has 1 N–H and O–H groups in total. The third-order valence-corrected chi connectivity index (χ3v) is 4.55. The van der Waals surface area contributed by atoms with E-state index in [9.17, 15) is 31.5 Å². The average molecular weight is 441 g/mol. The highest BCUT2D eigenvalue weighted by molar-refractivity contribution is 5.85. The Bertz CT molecular complexity index is 1230. The zero-order valence-corrected chi connectivity index (χ0v) is 16.5. The molecule has 164 valence electrons. The Hall–Kier alpha value is -3.43. The molecule has 5 nitrogen and oxygen atoms in total. The molecule has 1 amide bonds. The Morgan fingerprint density at radius 3 is 2.19 bits per heavy atom. The molecule has 0 aliphatic rings. The number of hydrogen-bond donors (Lipinski definition) is 1. The van der Waals surface area contributed by atoms with Crippen molar-refractivity contribution < 1.29 is 35.9 Å². The van der Waals surface area contributed by atoms with Gasteiger partial charge in [0.1, 0.15) is 5.58 Å². The molecule has 2 aromatic carbocycles. The summed E-state index contributed by atoms with van der Waals surface area (Å²) < 4.78 is 77.1. The van der Waals surface area contributed by atoms with Gasteiger partial charge in [-0.1, -0.05) is 6.07 Å². The number of carbonyl (C=O) groups is 1. The van der Waals surface area contributed by atoms with E-state index in [4.69, 9.17) is 9.15 Å². The lowest BCUT2D eigenvalue weighted by Crippen LogP contribution is -2.36. The summed E-state index contributed by atoms with van der Waals surface area (Å²) in [5, 5.41) is 3.00. The monoisotopic (exact) mass is 441 g/mol. The molecule has 31 heavy (non-hydrogen) atoms. The van der Waals surface area contributed by atoms with E-state index >= 15 is 0 Å². The van der Waals surface area contributed by atoms with Crippen LogP contribution in [-0.2, 0) is 11.3 Å². The van der Waals surface area contributed by atoms with E-state index in [0.717, 1.165) is 18.1 Å². The van der Waals surface area contributed by atoms with E-state index in [-0.39, 0.29) is 6.54 Å². The number of aryl methyl sites for hydroxylation is 2. The number of nitrogens with one attached hydrogen (secondary N) is 1. The molecule has 10 heteroatoms. The van der Waals surface area contributed by atoms with Crippen molar-refractivity contribution in [2.75, 3.05) is 0 Å². The molecule has 0 saturated carbocycles. The Morgan fingerprint density at radius 2 is 1.58 bits per heavy atom. The molecule has 0 radical (unpaired) electrons. The molecule has 1 aromatic heterocycles. The van der Waals surface area contributed by atoms with Gasteiger partial charge in [0.2, 0.25) is 29.1 Å². The minimum Gasteiger partial charge on any atom is -0.475 e. The van der Waals surface area contributed by atoms with Gasteiger partial charge in [-0.25, -0.2) is 18.0 Å². The van der Waals surface area contributed by atoms with Crippen molar-refractivity contribution in [2.45, 2.75) is 33.4 Å². The second-order valence-corrected chi connectivity index (χ2v) is 6.92. The molecule has 0 aliphatic carbocycles. The third kappa shape index (κ3) is 4.23. The van der Waals surface area contributed by atoms with E-state index in [0.29, 0.717) is 16.5 Å². The number of amides is 1. The van der Waals surface area contributed by atoms with Crippen molar-refractivity contribution in [2.24, 2.45) is 0 Å². The third-order valence-electron chi connectivity index (χ3n) is 4.55. The number of carbonyl (C=O) groups excluding carboxylic acids is 1. The molecule has 3 aromatic rings. The van der Waals surface area contributed by atoms with Gasteiger partial charge < -0.3 is 14.5 Å². The second-order valence-electron chi connectivity index (χ2n) is 6.92. The fourth-order valence-corrected chi connectivity index (χ4v) is 3.16. The standard InChI is InChI=1S/C21H16F5NO4/c1-8-4-9(2)14-11(6-13(28)31-12(14)5-8)7-27-21(29)10(3)30-20-18(25)16(23)15(22)17(24)19(20)26/h4-6,10H,7H2,1-3H3,(H,27,29). The smallest absolute Gasteiger partial charge is 0.336 e. The lowest BCUT2D eigenvalue weighted by atomic mass is 10.0. The van der Waals surface area contributed by atoms with Crippen LogP contribution in [-0.4, -0.2) is 12.0 Å². The molecule has 0 aliphatic heterocycles. The maximum atomic E-state index is 13.8. The van der Waals surface area contributed by atoms with Crippen LogP contribution in [0.3, 0.4) is 0 Å². The van der Waals surface area contributed by atoms with Crippen molar-refractivity contribution in [3.05, 3.63) is 74.4 Å². The first-order valence-electron chi connectivity index (χ1n) is 9.01. The summed E-state index contributed by atoms with van der Waals surface area (Å²) in [7, 11) is 0. The van der Waals surface area contributed by atoms with Crippen molar-refractivity contribution in [1.82, 2.24) is 5.32 Å². The summed E-state index contributed by atoms with van der Waals surface area (Å²) in [6, 6.07) is 4.69. The van der Waals surface area contributed by atoms with Gasteiger partial charge in [0, 0.05) is 18.0 Å². The normalized spacial score (nSPS) is 12.1. The van der Waals surface area contributed by atoms with Gasteiger partial charge in [-0.2, -0.15) is 8.78 Å². The number of ether oxygens (including phenoxy) is 1. The Kier molecular flexibility index (Phi) is 6.01. The quantitative estimate of drug-likeness (QED) is 0.279. The van der Waals surface area contributed by atoms with Crippen LogP contribution in [0.2, 0.25) is 0 Å². The predicted molar refractivity (Wildman–Crippen MR) is 100 cm³/mol. The molecule has 1 atom stereocenters. The van der Waals surface area contributed by atoms with Crippen LogP contribution in [0, 0.1) is 42.9 Å². The zero-order valence-electron chi connectivity index (χ0n) is 16.5. The molecular formula is C21H16F5NO4. The van der Waals surface area contributed by atoms with Crippen molar-refractivity contribution in [3.63, 3.8) is 0 Å². The average Bonchev–Trinajstić information content (AvgIpc) is 2.70. The molecule has 0 bridgehead atoms. The lowest BCUT2D eigenvalue weighted by Gasteiger charge is -2.17. The van der Waals surface area contributed by atoms with E-state index < -0.39 is 52.5 Å². The first-order chi connectivity index (χ1) is 14.5. The number of fused-ring (bicyclic) bond motifs is 1. The SMILES string of the molecule is Cc1cc(C)c2c(CNC(=O)C(C)Oc3c(F)c(F)c(F)c(F)c3F)cc(=O)oc2c1. The number of rotatable bonds is 5. The Labute approximate surface area is 172 Å². The topological polar surface area (TPSA) is 68.5 Å². The lowest BCUT2D eigenvalue weighted by molar-refractivity contribution is -0.127. The van der Waals surface area contributed by atoms with E-state index in [2.05, 4.69) is 5.32 Å². The van der Waals surface area contributed by atoms with Gasteiger partial charge >= 0.3 is 5.63 Å². The fraction of sp³-hybridized carbons (Fsp3) is 0.238. The van der Waals surface area contributed by atoms with Crippen LogP contribution in [0.5, 0.6) is 5.75 Å². The van der Waals surface area contributed by atoms with Crippen LogP contribution in [0.15, 0.2) is 27.4 Å². The first-order valence-corrected chi connectivity index (χ1v) is 9.01. The number of benzene rings is 2. The van der Waals surface area contributed by atoms with Crippen LogP contribution in [0.1, 0.15) is 23.6 Å². The highest BCUT2D eigenvalue weighted by Crippen LogP contribution is 2.30. The molecule has 0 saturated heterocycles. The predicted octanol–water partition coefficient (Wildman–Crippen LogP) is 4.19. The van der Waals surface area contributed by atoms with Gasteiger partial charge in [0.15, 0.2) is 11.9 Å². The van der Waals surface area contributed by atoms with E-state index in [1.807, 2.05) is 13.0 Å². The summed E-state index contributed by atoms with van der Waals surface area (Å²) in [4.78, 5) is 24.1. The van der Waals surface area contributed by atoms with Crippen LogP contribution < -0.4 is 15.7 Å². The van der Waals surface area contributed by atoms with Gasteiger partial charge in [-0.3, -0.25) is 4.79 Å². The van der Waals surface area contributed by atoms with Crippen molar-refractivity contribution in [1.29, 1.82) is 0 Å². The van der Waals surface area contributed by atoms with Gasteiger partial charge in [0.25, 0.3) is 5.91 Å². The first kappa shape index (κ1) is 22.3. The number of hydrogen-bond acceptors (Lipinski definition) is 4. The van der Waals surface area contributed by atoms with Crippen LogP contribution in [0.25, 0.3) is 11.0 Å². The molecule has 0 fully saturated rings. The van der Waals surface area contributed by atoms with Crippen LogP contribution in [0.4, 0.5) is 22.0 Å². The zero-order chi connectivity index (χ0) is 23.0. The molecule has 1 unspecified atom stereocenters.